The molecule has 0 saturated heterocycles. The number of nitriles is 1. The summed E-state index contributed by atoms with van der Waals surface area (Å²) in [6.07, 6.45) is 2.85. The van der Waals surface area contributed by atoms with Crippen LogP contribution in [0.5, 0.6) is 0 Å². The summed E-state index contributed by atoms with van der Waals surface area (Å²) in [5.74, 6) is 0.672. The first-order valence-electron chi connectivity index (χ1n) is 7.67. The Balaban J connectivity index is 4.32. The predicted molar refractivity (Wildman–Crippen MR) is 83.1 cm³/mol. The smallest absolute Gasteiger partial charge is 0.106 e. The molecule has 112 valence electrons. The zero-order chi connectivity index (χ0) is 15.1. The van der Waals surface area contributed by atoms with Gasteiger partial charge in [0.1, 0.15) is 5.54 Å². The Morgan fingerprint density at radius 1 is 1.21 bits per heavy atom. The molecule has 19 heavy (non-hydrogen) atoms. The van der Waals surface area contributed by atoms with Gasteiger partial charge in [0.05, 0.1) is 6.07 Å². The van der Waals surface area contributed by atoms with Gasteiger partial charge in [0.2, 0.25) is 0 Å². The monoisotopic (exact) mass is 267 g/mol. The van der Waals surface area contributed by atoms with E-state index in [1.165, 1.54) is 0 Å². The third kappa shape index (κ3) is 6.40. The molecule has 0 aliphatic heterocycles. The van der Waals surface area contributed by atoms with Gasteiger partial charge in [-0.15, -0.1) is 0 Å². The molecular weight excluding hydrogens is 234 g/mol. The van der Waals surface area contributed by atoms with Crippen LogP contribution in [-0.2, 0) is 0 Å². The molecule has 0 amide bonds. The molecule has 3 nitrogen and oxygen atoms in total. The molecule has 0 aliphatic carbocycles. The third-order valence-corrected chi connectivity index (χ3v) is 4.16. The maximum absolute atomic E-state index is 9.46. The van der Waals surface area contributed by atoms with E-state index in [0.29, 0.717) is 18.0 Å². The Morgan fingerprint density at radius 3 is 2.16 bits per heavy atom. The lowest BCUT2D eigenvalue weighted by atomic mass is 9.91. The van der Waals surface area contributed by atoms with Crippen LogP contribution >= 0.6 is 0 Å². The quantitative estimate of drug-likeness (QED) is 0.696. The molecule has 2 atom stereocenters. The summed E-state index contributed by atoms with van der Waals surface area (Å²) >= 11 is 0. The first kappa shape index (κ1) is 18.4. The van der Waals surface area contributed by atoms with Gasteiger partial charge in [-0.05, 0) is 59.5 Å². The minimum Gasteiger partial charge on any atom is -0.303 e. The lowest BCUT2D eigenvalue weighted by molar-refractivity contribution is 0.196. The highest BCUT2D eigenvalue weighted by atomic mass is 15.1. The Labute approximate surface area is 120 Å². The maximum Gasteiger partial charge on any atom is 0.106 e. The Hall–Kier alpha value is -0.590. The number of hydrogen-bond acceptors (Lipinski definition) is 3. The molecule has 0 rings (SSSR count). The number of rotatable bonds is 9. The second kappa shape index (κ2) is 8.55. The molecule has 1 N–H and O–H groups in total. The van der Waals surface area contributed by atoms with E-state index in [9.17, 15) is 5.26 Å². The van der Waals surface area contributed by atoms with Gasteiger partial charge in [0.15, 0.2) is 0 Å². The summed E-state index contributed by atoms with van der Waals surface area (Å²) in [6, 6.07) is 3.44. The van der Waals surface area contributed by atoms with Crippen molar-refractivity contribution in [3.8, 4) is 6.07 Å². The molecule has 0 aliphatic rings. The SMILES string of the molecule is CCC(C#N)(CCCN(C)C(C)C(C)C)NC(C)C. The van der Waals surface area contributed by atoms with Crippen LogP contribution in [0.1, 0.15) is 60.8 Å². The van der Waals surface area contributed by atoms with E-state index >= 15 is 0 Å². The molecule has 0 bridgehead atoms. The third-order valence-electron chi connectivity index (χ3n) is 4.16. The largest absolute Gasteiger partial charge is 0.303 e. The van der Waals surface area contributed by atoms with E-state index in [1.54, 1.807) is 0 Å². The van der Waals surface area contributed by atoms with Crippen LogP contribution in [0.2, 0.25) is 0 Å². The van der Waals surface area contributed by atoms with Crippen molar-refractivity contribution in [2.75, 3.05) is 13.6 Å². The first-order chi connectivity index (χ1) is 8.78. The Bertz CT molecular complexity index is 280. The molecule has 3 heteroatoms. The molecule has 0 spiro atoms. The molecule has 2 unspecified atom stereocenters. The molecule has 0 fully saturated rings. The number of nitrogens with one attached hydrogen (secondary N) is 1. The van der Waals surface area contributed by atoms with E-state index in [1.807, 2.05) is 0 Å². The van der Waals surface area contributed by atoms with Gasteiger partial charge in [-0.1, -0.05) is 20.8 Å². The van der Waals surface area contributed by atoms with Crippen molar-refractivity contribution in [2.24, 2.45) is 5.92 Å². The molecular formula is C16H33N3. The van der Waals surface area contributed by atoms with Crippen LogP contribution in [-0.4, -0.2) is 36.1 Å². The van der Waals surface area contributed by atoms with Crippen LogP contribution in [0.25, 0.3) is 0 Å². The van der Waals surface area contributed by atoms with Gasteiger partial charge in [0.25, 0.3) is 0 Å². The minimum absolute atomic E-state index is 0.351. The maximum atomic E-state index is 9.46. The highest BCUT2D eigenvalue weighted by Crippen LogP contribution is 2.19. The van der Waals surface area contributed by atoms with E-state index in [-0.39, 0.29) is 5.54 Å². The molecule has 0 saturated carbocycles. The van der Waals surface area contributed by atoms with Gasteiger partial charge < -0.3 is 4.90 Å². The highest BCUT2D eigenvalue weighted by molar-refractivity contribution is 5.06. The van der Waals surface area contributed by atoms with E-state index < -0.39 is 0 Å². The summed E-state index contributed by atoms with van der Waals surface area (Å²) in [5.41, 5.74) is -0.351. The first-order valence-corrected chi connectivity index (χ1v) is 7.67. The normalized spacial score (nSPS) is 16.7. The summed E-state index contributed by atoms with van der Waals surface area (Å²) in [6.45, 7) is 14.2. The Kier molecular flexibility index (Phi) is 8.29. The van der Waals surface area contributed by atoms with Crippen molar-refractivity contribution in [3.63, 3.8) is 0 Å². The zero-order valence-electron chi connectivity index (χ0n) is 14.0. The topological polar surface area (TPSA) is 39.1 Å². The molecule has 0 aromatic heterocycles. The summed E-state index contributed by atoms with van der Waals surface area (Å²) in [7, 11) is 2.18. The fourth-order valence-electron chi connectivity index (χ4n) is 2.41. The van der Waals surface area contributed by atoms with E-state index in [4.69, 9.17) is 0 Å². The molecule has 0 radical (unpaired) electrons. The second-order valence-corrected chi connectivity index (χ2v) is 6.42. The Morgan fingerprint density at radius 2 is 1.79 bits per heavy atom. The lowest BCUT2D eigenvalue weighted by Gasteiger charge is -2.32. The van der Waals surface area contributed by atoms with Crippen LogP contribution in [0.4, 0.5) is 0 Å². The molecule has 0 heterocycles. The van der Waals surface area contributed by atoms with Gasteiger partial charge in [-0.25, -0.2) is 0 Å². The summed E-state index contributed by atoms with van der Waals surface area (Å²) in [5, 5.41) is 12.9. The standard InChI is InChI=1S/C16H33N3/c1-8-16(12-17,18-14(4)5)10-9-11-19(7)15(6)13(2)3/h13-15,18H,8-11H2,1-7H3. The van der Waals surface area contributed by atoms with Crippen molar-refractivity contribution in [1.29, 1.82) is 5.26 Å². The van der Waals surface area contributed by atoms with Crippen molar-refractivity contribution < 1.29 is 0 Å². The molecule has 0 aromatic carbocycles. The van der Waals surface area contributed by atoms with Crippen molar-refractivity contribution in [3.05, 3.63) is 0 Å². The van der Waals surface area contributed by atoms with E-state index in [0.717, 1.165) is 25.8 Å². The minimum atomic E-state index is -0.351. The molecule has 0 aromatic rings. The fraction of sp³-hybridized carbons (Fsp3) is 0.938. The van der Waals surface area contributed by atoms with Crippen molar-refractivity contribution in [1.82, 2.24) is 10.2 Å². The number of nitrogens with zero attached hydrogens (tertiary/aromatic N) is 2. The predicted octanol–water partition coefficient (Wildman–Crippen LogP) is 3.41. The second-order valence-electron chi connectivity index (χ2n) is 6.42. The average molecular weight is 267 g/mol. The van der Waals surface area contributed by atoms with Gasteiger partial charge >= 0.3 is 0 Å². The van der Waals surface area contributed by atoms with Crippen molar-refractivity contribution >= 4 is 0 Å². The van der Waals surface area contributed by atoms with Crippen LogP contribution in [0, 0.1) is 17.2 Å². The van der Waals surface area contributed by atoms with Crippen LogP contribution < -0.4 is 5.32 Å². The van der Waals surface area contributed by atoms with Crippen LogP contribution in [0.15, 0.2) is 0 Å². The fourth-order valence-corrected chi connectivity index (χ4v) is 2.41. The van der Waals surface area contributed by atoms with E-state index in [2.05, 4.69) is 64.9 Å². The number of hydrogen-bond donors (Lipinski definition) is 1. The summed E-state index contributed by atoms with van der Waals surface area (Å²) in [4.78, 5) is 2.40. The van der Waals surface area contributed by atoms with Crippen LogP contribution in [0.3, 0.4) is 0 Å². The van der Waals surface area contributed by atoms with Crippen molar-refractivity contribution in [2.45, 2.75) is 78.4 Å². The average Bonchev–Trinajstić information content (AvgIpc) is 2.35. The summed E-state index contributed by atoms with van der Waals surface area (Å²) < 4.78 is 0. The highest BCUT2D eigenvalue weighted by Gasteiger charge is 2.28. The zero-order valence-corrected chi connectivity index (χ0v) is 14.0. The van der Waals surface area contributed by atoms with Gasteiger partial charge in [0, 0.05) is 12.1 Å². The van der Waals surface area contributed by atoms with Gasteiger partial charge in [-0.3, -0.25) is 5.32 Å². The van der Waals surface area contributed by atoms with Gasteiger partial charge in [-0.2, -0.15) is 5.26 Å². The lowest BCUT2D eigenvalue weighted by Crippen LogP contribution is -2.47.